The Morgan fingerprint density at radius 3 is 2.87 bits per heavy atom. The highest BCUT2D eigenvalue weighted by atomic mass is 16.5. The van der Waals surface area contributed by atoms with Gasteiger partial charge in [0, 0.05) is 50.7 Å². The fourth-order valence-corrected chi connectivity index (χ4v) is 3.96. The second-order valence-corrected chi connectivity index (χ2v) is 6.78. The number of hydrogen-bond donors (Lipinski definition) is 2. The Morgan fingerprint density at radius 1 is 1.39 bits per heavy atom. The Hall–Kier alpha value is -1.24. The summed E-state index contributed by atoms with van der Waals surface area (Å²) in [6.07, 6.45) is 8.28. The summed E-state index contributed by atoms with van der Waals surface area (Å²) in [4.78, 5) is 11.2. The molecule has 0 aromatic carbocycles. The lowest BCUT2D eigenvalue weighted by Crippen LogP contribution is -2.51. The summed E-state index contributed by atoms with van der Waals surface area (Å²) in [7, 11) is 1.81. The van der Waals surface area contributed by atoms with Crippen molar-refractivity contribution >= 4 is 5.95 Å². The largest absolute Gasteiger partial charge is 0.393 e. The molecule has 1 aromatic rings. The van der Waals surface area contributed by atoms with Gasteiger partial charge >= 0.3 is 0 Å². The van der Waals surface area contributed by atoms with Crippen molar-refractivity contribution in [3.05, 3.63) is 18.0 Å². The van der Waals surface area contributed by atoms with Gasteiger partial charge in [0.1, 0.15) is 0 Å². The van der Waals surface area contributed by atoms with Gasteiger partial charge in [0.25, 0.3) is 0 Å². The molecule has 0 spiro atoms. The Labute approximate surface area is 138 Å². The van der Waals surface area contributed by atoms with Crippen molar-refractivity contribution in [3.8, 4) is 0 Å². The van der Waals surface area contributed by atoms with E-state index in [9.17, 15) is 5.11 Å². The molecule has 1 aliphatic carbocycles. The summed E-state index contributed by atoms with van der Waals surface area (Å²) < 4.78 is 5.89. The van der Waals surface area contributed by atoms with Crippen LogP contribution in [0.15, 0.2) is 12.4 Å². The van der Waals surface area contributed by atoms with Gasteiger partial charge in [0.2, 0.25) is 5.95 Å². The van der Waals surface area contributed by atoms with Crippen molar-refractivity contribution in [2.75, 3.05) is 25.5 Å². The van der Waals surface area contributed by atoms with Gasteiger partial charge in [-0.3, -0.25) is 4.90 Å². The van der Waals surface area contributed by atoms with Gasteiger partial charge in [-0.2, -0.15) is 0 Å². The number of likely N-dealkylation sites (tertiary alicyclic amines) is 1. The topological polar surface area (TPSA) is 70.5 Å². The van der Waals surface area contributed by atoms with Crippen LogP contribution in [0.4, 0.5) is 5.95 Å². The summed E-state index contributed by atoms with van der Waals surface area (Å²) in [6, 6.07) is 0.286. The molecule has 1 aromatic heterocycles. The van der Waals surface area contributed by atoms with Gasteiger partial charge in [-0.25, -0.2) is 9.97 Å². The van der Waals surface area contributed by atoms with Crippen LogP contribution in [0.25, 0.3) is 0 Å². The Bertz CT molecular complexity index is 510. The molecular formula is C17H28N4O2. The van der Waals surface area contributed by atoms with E-state index in [0.717, 1.165) is 57.3 Å². The molecule has 2 fully saturated rings. The molecule has 128 valence electrons. The normalized spacial score (nSPS) is 31.1. The lowest BCUT2D eigenvalue weighted by molar-refractivity contribution is -0.0879. The number of aromatic nitrogens is 2. The minimum absolute atomic E-state index is 0.0806. The van der Waals surface area contributed by atoms with Gasteiger partial charge in [-0.15, -0.1) is 0 Å². The number of hydrogen-bond acceptors (Lipinski definition) is 6. The van der Waals surface area contributed by atoms with Gasteiger partial charge < -0.3 is 15.2 Å². The van der Waals surface area contributed by atoms with Crippen LogP contribution in [0.3, 0.4) is 0 Å². The number of nitrogens with one attached hydrogen (secondary N) is 1. The first-order chi connectivity index (χ1) is 11.2. The molecule has 6 nitrogen and oxygen atoms in total. The summed E-state index contributed by atoms with van der Waals surface area (Å²) in [6.45, 7) is 4.83. The summed E-state index contributed by atoms with van der Waals surface area (Å²) in [5.74, 6) is 0.691. The first kappa shape index (κ1) is 16.6. The highest BCUT2D eigenvalue weighted by Crippen LogP contribution is 2.42. The molecule has 1 saturated heterocycles. The predicted octanol–water partition coefficient (Wildman–Crippen LogP) is 1.80. The lowest BCUT2D eigenvalue weighted by atomic mass is 9.79. The molecule has 2 aliphatic rings. The Kier molecular flexibility index (Phi) is 5.14. The van der Waals surface area contributed by atoms with Gasteiger partial charge in [0.05, 0.1) is 11.7 Å². The average molecular weight is 320 g/mol. The second-order valence-electron chi connectivity index (χ2n) is 6.78. The van der Waals surface area contributed by atoms with E-state index in [2.05, 4.69) is 27.1 Å². The van der Waals surface area contributed by atoms with Gasteiger partial charge in [-0.05, 0) is 32.1 Å². The Balaban J connectivity index is 1.65. The third kappa shape index (κ3) is 3.49. The van der Waals surface area contributed by atoms with E-state index in [1.54, 1.807) is 0 Å². The van der Waals surface area contributed by atoms with Crippen LogP contribution in [-0.4, -0.2) is 57.9 Å². The quantitative estimate of drug-likeness (QED) is 0.833. The molecule has 0 amide bonds. The van der Waals surface area contributed by atoms with Crippen LogP contribution < -0.4 is 5.32 Å². The Morgan fingerprint density at radius 2 is 2.17 bits per heavy atom. The van der Waals surface area contributed by atoms with Crippen LogP contribution in [0.1, 0.15) is 44.6 Å². The molecule has 23 heavy (non-hydrogen) atoms. The van der Waals surface area contributed by atoms with Crippen LogP contribution in [-0.2, 0) is 11.3 Å². The van der Waals surface area contributed by atoms with E-state index < -0.39 is 0 Å². The lowest BCUT2D eigenvalue weighted by Gasteiger charge is -2.42. The van der Waals surface area contributed by atoms with Gasteiger partial charge in [0.15, 0.2) is 0 Å². The standard InChI is InChI=1S/C17H28N4O2/c1-3-7-18-16-19-10-13(11-20-16)12-21-8-6-17(23-2)5-4-14(22)9-15(17)21/h10-11,14-15,22H,3-9,12H2,1-2H3,(H,18,19,20)/t14-,15+,17-/m1/s1. The summed E-state index contributed by atoms with van der Waals surface area (Å²) in [5.41, 5.74) is 1.03. The number of ether oxygens (including phenoxy) is 1. The molecule has 1 saturated carbocycles. The van der Waals surface area contributed by atoms with Crippen molar-refractivity contribution in [3.63, 3.8) is 0 Å². The molecular weight excluding hydrogens is 292 g/mol. The maximum absolute atomic E-state index is 10.1. The molecule has 3 atom stereocenters. The number of anilines is 1. The van der Waals surface area contributed by atoms with E-state index in [1.807, 2.05) is 19.5 Å². The fraction of sp³-hybridized carbons (Fsp3) is 0.765. The number of nitrogens with zero attached hydrogens (tertiary/aromatic N) is 3. The number of methoxy groups -OCH3 is 1. The highest BCUT2D eigenvalue weighted by Gasteiger charge is 2.50. The predicted molar refractivity (Wildman–Crippen MR) is 89.2 cm³/mol. The van der Waals surface area contributed by atoms with E-state index in [1.165, 1.54) is 0 Å². The van der Waals surface area contributed by atoms with E-state index in [-0.39, 0.29) is 17.7 Å². The first-order valence-electron chi connectivity index (χ1n) is 8.69. The minimum Gasteiger partial charge on any atom is -0.393 e. The molecule has 1 aliphatic heterocycles. The number of aliphatic hydroxyl groups excluding tert-OH is 1. The molecule has 0 radical (unpaired) electrons. The average Bonchev–Trinajstić information content (AvgIpc) is 2.93. The van der Waals surface area contributed by atoms with Gasteiger partial charge in [-0.1, -0.05) is 6.92 Å². The SMILES string of the molecule is CCCNc1ncc(CN2CC[C@]3(OC)CC[C@@H](O)C[C@H]23)cn1. The second kappa shape index (κ2) is 7.11. The third-order valence-corrected chi connectivity index (χ3v) is 5.30. The van der Waals surface area contributed by atoms with Crippen LogP contribution >= 0.6 is 0 Å². The molecule has 2 heterocycles. The molecule has 0 unspecified atom stereocenters. The van der Waals surface area contributed by atoms with Crippen molar-refractivity contribution < 1.29 is 9.84 Å². The highest BCUT2D eigenvalue weighted by molar-refractivity contribution is 5.24. The molecule has 2 N–H and O–H groups in total. The molecule has 3 rings (SSSR count). The molecule has 0 bridgehead atoms. The van der Waals surface area contributed by atoms with E-state index in [0.29, 0.717) is 5.95 Å². The number of rotatable bonds is 6. The minimum atomic E-state index is -0.208. The van der Waals surface area contributed by atoms with Crippen molar-refractivity contribution in [1.82, 2.24) is 14.9 Å². The van der Waals surface area contributed by atoms with Crippen LogP contribution in [0.2, 0.25) is 0 Å². The van der Waals surface area contributed by atoms with E-state index in [4.69, 9.17) is 4.74 Å². The fourth-order valence-electron chi connectivity index (χ4n) is 3.96. The zero-order chi connectivity index (χ0) is 16.3. The van der Waals surface area contributed by atoms with Crippen LogP contribution in [0.5, 0.6) is 0 Å². The van der Waals surface area contributed by atoms with E-state index >= 15 is 0 Å². The van der Waals surface area contributed by atoms with Crippen molar-refractivity contribution in [2.24, 2.45) is 0 Å². The van der Waals surface area contributed by atoms with Crippen molar-refractivity contribution in [2.45, 2.75) is 63.3 Å². The number of fused-ring (bicyclic) bond motifs is 1. The zero-order valence-corrected chi connectivity index (χ0v) is 14.2. The number of aliphatic hydroxyl groups is 1. The van der Waals surface area contributed by atoms with Crippen molar-refractivity contribution in [1.29, 1.82) is 0 Å². The van der Waals surface area contributed by atoms with Crippen LogP contribution in [0, 0.1) is 0 Å². The zero-order valence-electron chi connectivity index (χ0n) is 14.2. The third-order valence-electron chi connectivity index (χ3n) is 5.30. The summed E-state index contributed by atoms with van der Waals surface area (Å²) >= 11 is 0. The maximum Gasteiger partial charge on any atom is 0.222 e. The monoisotopic (exact) mass is 320 g/mol. The maximum atomic E-state index is 10.1. The summed E-state index contributed by atoms with van der Waals surface area (Å²) in [5, 5.41) is 13.2. The molecule has 6 heteroatoms. The first-order valence-corrected chi connectivity index (χ1v) is 8.69. The smallest absolute Gasteiger partial charge is 0.222 e.